The highest BCUT2D eigenvalue weighted by atomic mass is 19.3. The molecule has 2 aromatic rings. The summed E-state index contributed by atoms with van der Waals surface area (Å²) in [6.07, 6.45) is 9.04. The number of piperidine rings is 1. The molecule has 18 heteroatoms. The summed E-state index contributed by atoms with van der Waals surface area (Å²) in [6.45, 7) is 7.25. The Morgan fingerprint density at radius 1 is 0.762 bits per heavy atom. The number of nitrogens with one attached hydrogen (secondary N) is 5. The standard InChI is InChI=1S/C45H69F2N9O7/c1-30(2)43-54-53-31(3)56(43)37-24-35-14-15-36(25-37)55(35)23-18-38(52-44(61)33-16-19-45(46,47)20-17-33)32-10-12-34(13-11-32)51-42(60)29-63-28-41(59)50-22-9-7-5-6-8-21-49-40(58)27-62-26-39(57)48-4/h10-13,30,33,35-38H,5-9,14-29H2,1-4H3,(H,48,57)(H,49,58)(H,50,59)(H,51,60)(H,52,61)/t35?,36?,37?,38-/m0/s1. The molecule has 1 saturated carbocycles. The van der Waals surface area contributed by atoms with Crippen LogP contribution >= 0.6 is 0 Å². The van der Waals surface area contributed by atoms with Crippen LogP contribution in [0.1, 0.15) is 139 Å². The molecule has 3 atom stereocenters. The van der Waals surface area contributed by atoms with E-state index in [1.807, 2.05) is 19.1 Å². The van der Waals surface area contributed by atoms with Crippen LogP contribution in [0.25, 0.3) is 0 Å². The Bertz CT molecular complexity index is 1790. The van der Waals surface area contributed by atoms with E-state index in [1.165, 1.54) is 7.05 Å². The fourth-order valence-corrected chi connectivity index (χ4v) is 9.12. The van der Waals surface area contributed by atoms with Crippen LogP contribution in [-0.4, -0.2) is 120 Å². The summed E-state index contributed by atoms with van der Waals surface area (Å²) in [5.74, 6) is -2.39. The van der Waals surface area contributed by atoms with E-state index in [0.717, 1.165) is 81.5 Å². The number of unbranched alkanes of at least 4 members (excludes halogenated alkanes) is 4. The lowest BCUT2D eigenvalue weighted by molar-refractivity contribution is -0.131. The number of fused-ring (bicyclic) bond motifs is 2. The number of hydrogen-bond acceptors (Lipinski definition) is 10. The molecule has 0 radical (unpaired) electrons. The van der Waals surface area contributed by atoms with Crippen molar-refractivity contribution in [3.8, 4) is 0 Å². The quantitative estimate of drug-likeness (QED) is 0.0860. The molecule has 5 rings (SSSR count). The maximum Gasteiger partial charge on any atom is 0.250 e. The molecule has 1 aromatic carbocycles. The van der Waals surface area contributed by atoms with Gasteiger partial charge in [-0.1, -0.05) is 45.2 Å². The molecule has 1 aliphatic carbocycles. The number of aromatic nitrogens is 3. The van der Waals surface area contributed by atoms with Gasteiger partial charge in [0.2, 0.25) is 35.5 Å². The molecule has 5 N–H and O–H groups in total. The second-order valence-electron chi connectivity index (χ2n) is 17.7. The Labute approximate surface area is 370 Å². The van der Waals surface area contributed by atoms with Gasteiger partial charge in [0.15, 0.2) is 0 Å². The number of benzene rings is 1. The summed E-state index contributed by atoms with van der Waals surface area (Å²) in [7, 11) is 1.50. The Hall–Kier alpha value is -4.55. The lowest BCUT2D eigenvalue weighted by atomic mass is 9.86. The first-order chi connectivity index (χ1) is 30.2. The second-order valence-corrected chi connectivity index (χ2v) is 17.7. The number of carbonyl (C=O) groups excluding carboxylic acids is 5. The Balaban J connectivity index is 1.02. The van der Waals surface area contributed by atoms with E-state index >= 15 is 0 Å². The third-order valence-corrected chi connectivity index (χ3v) is 12.5. The van der Waals surface area contributed by atoms with Gasteiger partial charge in [-0.05, 0) is 82.4 Å². The molecule has 350 valence electrons. The topological polar surface area (TPSA) is 198 Å². The van der Waals surface area contributed by atoms with Crippen LogP contribution in [-0.2, 0) is 33.4 Å². The lowest BCUT2D eigenvalue weighted by Crippen LogP contribution is -2.45. The maximum absolute atomic E-state index is 13.9. The average Bonchev–Trinajstić information content (AvgIpc) is 3.75. The van der Waals surface area contributed by atoms with Crippen LogP contribution in [0.3, 0.4) is 0 Å². The van der Waals surface area contributed by atoms with Gasteiger partial charge in [-0.25, -0.2) is 8.78 Å². The Morgan fingerprint density at radius 3 is 1.89 bits per heavy atom. The average molecular weight is 886 g/mol. The molecule has 2 unspecified atom stereocenters. The van der Waals surface area contributed by atoms with Gasteiger partial charge < -0.3 is 40.6 Å². The molecule has 2 aliphatic heterocycles. The van der Waals surface area contributed by atoms with Crippen LogP contribution in [0.15, 0.2) is 24.3 Å². The normalized spacial score (nSPS) is 20.3. The van der Waals surface area contributed by atoms with E-state index in [2.05, 4.69) is 60.1 Å². The van der Waals surface area contributed by atoms with Crippen molar-refractivity contribution in [2.45, 2.75) is 147 Å². The van der Waals surface area contributed by atoms with E-state index < -0.39 is 17.7 Å². The number of amides is 5. The number of halogens is 2. The van der Waals surface area contributed by atoms with Crippen molar-refractivity contribution in [1.29, 1.82) is 0 Å². The smallest absolute Gasteiger partial charge is 0.250 e. The minimum Gasteiger partial charge on any atom is -0.362 e. The number of anilines is 1. The lowest BCUT2D eigenvalue weighted by Gasteiger charge is -2.40. The summed E-state index contributed by atoms with van der Waals surface area (Å²) in [6, 6.07) is 8.11. The predicted molar refractivity (Wildman–Crippen MR) is 233 cm³/mol. The van der Waals surface area contributed by atoms with Crippen molar-refractivity contribution < 1.29 is 42.2 Å². The highest BCUT2D eigenvalue weighted by Gasteiger charge is 2.43. The zero-order valence-electron chi connectivity index (χ0n) is 37.5. The number of alkyl halides is 2. The van der Waals surface area contributed by atoms with Crippen LogP contribution < -0.4 is 26.6 Å². The number of rotatable bonds is 25. The highest BCUT2D eigenvalue weighted by Crippen LogP contribution is 2.43. The first-order valence-corrected chi connectivity index (χ1v) is 22.9. The fraction of sp³-hybridized carbons (Fsp3) is 0.711. The molecular weight excluding hydrogens is 817 g/mol. The van der Waals surface area contributed by atoms with Crippen LogP contribution in [0.5, 0.6) is 0 Å². The van der Waals surface area contributed by atoms with Gasteiger partial charge in [0.05, 0.1) is 6.04 Å². The van der Waals surface area contributed by atoms with E-state index in [4.69, 9.17) is 9.47 Å². The summed E-state index contributed by atoms with van der Waals surface area (Å²) in [4.78, 5) is 63.9. The molecule has 2 bridgehead atoms. The third-order valence-electron chi connectivity index (χ3n) is 12.5. The zero-order valence-corrected chi connectivity index (χ0v) is 37.5. The SMILES string of the molecule is CNC(=O)COCC(=O)NCCCCCCCNC(=O)COCC(=O)Nc1ccc([C@H](CCN2C3CCC2CC(n2c(C)nnc2C(C)C)C3)NC(=O)C2CCC(F)(F)CC2)cc1. The molecule has 3 heterocycles. The summed E-state index contributed by atoms with van der Waals surface area (Å²) < 4.78 is 40.6. The van der Waals surface area contributed by atoms with Gasteiger partial charge in [-0.15, -0.1) is 10.2 Å². The molecule has 3 aliphatic rings. The second kappa shape index (κ2) is 24.5. The van der Waals surface area contributed by atoms with E-state index in [1.54, 1.807) is 12.1 Å². The van der Waals surface area contributed by atoms with Crippen molar-refractivity contribution >= 4 is 35.2 Å². The number of hydrogen-bond donors (Lipinski definition) is 5. The zero-order chi connectivity index (χ0) is 45.4. The van der Waals surface area contributed by atoms with Gasteiger partial charge in [-0.3, -0.25) is 28.9 Å². The summed E-state index contributed by atoms with van der Waals surface area (Å²) >= 11 is 0. The molecule has 1 aromatic heterocycles. The minimum absolute atomic E-state index is 0.155. The van der Waals surface area contributed by atoms with Crippen LogP contribution in [0, 0.1) is 12.8 Å². The number of likely N-dealkylation sites (N-methyl/N-ethyl adjacent to an activating group) is 1. The van der Waals surface area contributed by atoms with Crippen molar-refractivity contribution in [1.82, 2.24) is 40.9 Å². The molecule has 0 spiro atoms. The van der Waals surface area contributed by atoms with Crippen molar-refractivity contribution in [3.63, 3.8) is 0 Å². The maximum atomic E-state index is 13.9. The number of ether oxygens (including phenoxy) is 2. The van der Waals surface area contributed by atoms with Gasteiger partial charge in [0.1, 0.15) is 38.1 Å². The highest BCUT2D eigenvalue weighted by molar-refractivity contribution is 5.92. The van der Waals surface area contributed by atoms with Crippen LogP contribution in [0.4, 0.5) is 14.5 Å². The molecule has 63 heavy (non-hydrogen) atoms. The van der Waals surface area contributed by atoms with Crippen molar-refractivity contribution in [2.24, 2.45) is 5.92 Å². The Morgan fingerprint density at radius 2 is 1.32 bits per heavy atom. The first kappa shape index (κ1) is 49.5. The molecule has 3 fully saturated rings. The largest absolute Gasteiger partial charge is 0.362 e. The number of carbonyl (C=O) groups is 5. The van der Waals surface area contributed by atoms with E-state index in [-0.39, 0.29) is 87.7 Å². The fourth-order valence-electron chi connectivity index (χ4n) is 9.12. The monoisotopic (exact) mass is 886 g/mol. The summed E-state index contributed by atoms with van der Waals surface area (Å²) in [5, 5.41) is 22.9. The first-order valence-electron chi connectivity index (χ1n) is 22.9. The van der Waals surface area contributed by atoms with E-state index in [0.29, 0.717) is 43.3 Å². The molecule has 16 nitrogen and oxygen atoms in total. The number of nitrogens with zero attached hydrogens (tertiary/aromatic N) is 4. The van der Waals surface area contributed by atoms with E-state index in [9.17, 15) is 32.8 Å². The minimum atomic E-state index is -2.72. The Kier molecular flexibility index (Phi) is 19.2. The van der Waals surface area contributed by atoms with Crippen molar-refractivity contribution in [3.05, 3.63) is 41.5 Å². The third kappa shape index (κ3) is 15.6. The van der Waals surface area contributed by atoms with Crippen LogP contribution in [0.2, 0.25) is 0 Å². The van der Waals surface area contributed by atoms with Gasteiger partial charge >= 0.3 is 0 Å². The molecule has 5 amide bonds. The van der Waals surface area contributed by atoms with Crippen molar-refractivity contribution in [2.75, 3.05) is 58.4 Å². The van der Waals surface area contributed by atoms with Gasteiger partial charge in [0, 0.05) is 75.2 Å². The molecular formula is C45H69F2N9O7. The predicted octanol–water partition coefficient (Wildman–Crippen LogP) is 4.85. The van der Waals surface area contributed by atoms with Gasteiger partial charge in [-0.2, -0.15) is 0 Å². The number of aryl methyl sites for hydroxylation is 1. The summed E-state index contributed by atoms with van der Waals surface area (Å²) in [5.41, 5.74) is 1.40. The molecule has 2 saturated heterocycles. The van der Waals surface area contributed by atoms with Gasteiger partial charge in [0.25, 0.3) is 0 Å².